The molecule has 78 valence electrons. The second-order valence-electron chi connectivity index (χ2n) is 3.01. The van der Waals surface area contributed by atoms with E-state index in [1.807, 2.05) is 0 Å². The molecule has 1 aliphatic rings. The lowest BCUT2D eigenvalue weighted by Gasteiger charge is -2.08. The Morgan fingerprint density at radius 3 is 2.93 bits per heavy atom. The van der Waals surface area contributed by atoms with Crippen LogP contribution in [0.25, 0.3) is 0 Å². The first-order chi connectivity index (χ1) is 6.59. The normalized spacial score (nSPS) is 20.4. The number of cyclic esters (lactones) is 1. The fourth-order valence-corrected chi connectivity index (χ4v) is 0.904. The molecule has 0 N–H and O–H groups in total. The van der Waals surface area contributed by atoms with Gasteiger partial charge in [0.1, 0.15) is 12.7 Å². The van der Waals surface area contributed by atoms with E-state index in [2.05, 4.69) is 16.1 Å². The molecule has 1 heterocycles. The average Bonchev–Trinajstić information content (AvgIpc) is 2.51. The number of rotatable bonds is 4. The van der Waals surface area contributed by atoms with Crippen LogP contribution in [0.15, 0.2) is 12.2 Å². The fraction of sp³-hybridized carbons (Fsp3) is 0.556. The summed E-state index contributed by atoms with van der Waals surface area (Å²) in [7, 11) is 0. The summed E-state index contributed by atoms with van der Waals surface area (Å²) in [5, 5.41) is 0. The Kier molecular flexibility index (Phi) is 3.64. The molecule has 1 unspecified atom stereocenters. The van der Waals surface area contributed by atoms with E-state index in [1.165, 1.54) is 0 Å². The minimum atomic E-state index is -0.504. The Bertz CT molecular complexity index is 258. The molecular weight excluding hydrogens is 188 g/mol. The molecule has 0 aromatic carbocycles. The van der Waals surface area contributed by atoms with Gasteiger partial charge in [-0.15, -0.1) is 0 Å². The maximum Gasteiger partial charge on any atom is 0.335 e. The number of carbonyl (C=O) groups is 2. The summed E-state index contributed by atoms with van der Waals surface area (Å²) < 4.78 is 14.4. The quantitative estimate of drug-likeness (QED) is 0.373. The van der Waals surface area contributed by atoms with Gasteiger partial charge in [-0.05, 0) is 6.92 Å². The molecule has 0 aromatic heterocycles. The van der Waals surface area contributed by atoms with Gasteiger partial charge in [0, 0.05) is 5.57 Å². The van der Waals surface area contributed by atoms with Crippen LogP contribution in [0.5, 0.6) is 0 Å². The van der Waals surface area contributed by atoms with E-state index in [1.54, 1.807) is 6.92 Å². The van der Waals surface area contributed by atoms with Crippen molar-refractivity contribution in [3.05, 3.63) is 12.2 Å². The number of hydrogen-bond donors (Lipinski definition) is 0. The summed E-state index contributed by atoms with van der Waals surface area (Å²) in [6.07, 6.45) is -0.0922. The van der Waals surface area contributed by atoms with Gasteiger partial charge in [-0.2, -0.15) is 0 Å². The summed E-state index contributed by atoms with van der Waals surface area (Å²) in [5.74, 6) is -0.795. The maximum absolute atomic E-state index is 10.9. The van der Waals surface area contributed by atoms with Crippen molar-refractivity contribution in [2.75, 3.05) is 13.4 Å². The first-order valence-electron chi connectivity index (χ1n) is 4.19. The molecule has 1 aliphatic heterocycles. The first-order valence-corrected chi connectivity index (χ1v) is 4.19. The van der Waals surface area contributed by atoms with Crippen LogP contribution in [0.4, 0.5) is 0 Å². The van der Waals surface area contributed by atoms with Gasteiger partial charge < -0.3 is 14.2 Å². The van der Waals surface area contributed by atoms with Gasteiger partial charge in [-0.3, -0.25) is 4.79 Å². The monoisotopic (exact) mass is 200 g/mol. The zero-order chi connectivity index (χ0) is 10.6. The topological polar surface area (TPSA) is 61.8 Å². The van der Waals surface area contributed by atoms with Gasteiger partial charge in [-0.1, -0.05) is 6.58 Å². The highest BCUT2D eigenvalue weighted by Crippen LogP contribution is 2.09. The third-order valence-corrected chi connectivity index (χ3v) is 1.67. The van der Waals surface area contributed by atoms with Crippen LogP contribution in [-0.4, -0.2) is 31.4 Å². The van der Waals surface area contributed by atoms with Gasteiger partial charge in [0.15, 0.2) is 6.79 Å². The third-order valence-electron chi connectivity index (χ3n) is 1.67. The lowest BCUT2D eigenvalue weighted by Crippen LogP contribution is -2.17. The molecular formula is C9H12O5. The van der Waals surface area contributed by atoms with E-state index in [0.29, 0.717) is 5.57 Å². The molecule has 5 heteroatoms. The van der Waals surface area contributed by atoms with Crippen molar-refractivity contribution in [3.8, 4) is 0 Å². The number of carbonyl (C=O) groups excluding carboxylic acids is 2. The highest BCUT2D eigenvalue weighted by Gasteiger charge is 2.24. The van der Waals surface area contributed by atoms with E-state index < -0.39 is 5.97 Å². The SMILES string of the molecule is C=C(C)C(=O)OCOC1COC(=O)C1. The van der Waals surface area contributed by atoms with Gasteiger partial charge >= 0.3 is 11.9 Å². The van der Waals surface area contributed by atoms with Crippen molar-refractivity contribution in [1.82, 2.24) is 0 Å². The minimum absolute atomic E-state index is 0.174. The molecule has 14 heavy (non-hydrogen) atoms. The van der Waals surface area contributed by atoms with Crippen LogP contribution in [-0.2, 0) is 23.8 Å². The highest BCUT2D eigenvalue weighted by atomic mass is 16.7. The zero-order valence-corrected chi connectivity index (χ0v) is 7.95. The van der Waals surface area contributed by atoms with Gasteiger partial charge in [0.05, 0.1) is 6.42 Å². The Hall–Kier alpha value is -1.36. The lowest BCUT2D eigenvalue weighted by atomic mass is 10.3. The molecule has 0 saturated carbocycles. The van der Waals surface area contributed by atoms with E-state index in [0.717, 1.165) is 0 Å². The molecule has 5 nitrogen and oxygen atoms in total. The second-order valence-corrected chi connectivity index (χ2v) is 3.01. The maximum atomic E-state index is 10.9. The molecule has 0 aromatic rings. The van der Waals surface area contributed by atoms with Crippen LogP contribution in [0.2, 0.25) is 0 Å². The van der Waals surface area contributed by atoms with Crippen molar-refractivity contribution in [2.45, 2.75) is 19.4 Å². The predicted molar refractivity (Wildman–Crippen MR) is 46.2 cm³/mol. The molecule has 1 fully saturated rings. The van der Waals surface area contributed by atoms with E-state index in [9.17, 15) is 9.59 Å². The summed E-state index contributed by atoms with van der Waals surface area (Å²) in [6, 6.07) is 0. The minimum Gasteiger partial charge on any atom is -0.463 e. The average molecular weight is 200 g/mol. The molecule has 1 rings (SSSR count). The van der Waals surface area contributed by atoms with Crippen molar-refractivity contribution in [1.29, 1.82) is 0 Å². The predicted octanol–water partition coefficient (Wildman–Crippen LogP) is 0.395. The smallest absolute Gasteiger partial charge is 0.335 e. The standard InChI is InChI=1S/C9H12O5/c1-6(2)9(11)14-5-13-7-3-8(10)12-4-7/h7H,1,3-5H2,2H3. The molecule has 0 spiro atoms. The van der Waals surface area contributed by atoms with Crippen molar-refractivity contribution >= 4 is 11.9 Å². The van der Waals surface area contributed by atoms with Crippen molar-refractivity contribution in [2.24, 2.45) is 0 Å². The summed E-state index contributed by atoms with van der Waals surface area (Å²) in [6.45, 7) is 5.01. The molecule has 0 bridgehead atoms. The largest absolute Gasteiger partial charge is 0.463 e. The van der Waals surface area contributed by atoms with Gasteiger partial charge in [0.25, 0.3) is 0 Å². The number of ether oxygens (including phenoxy) is 3. The van der Waals surface area contributed by atoms with Crippen molar-refractivity contribution < 1.29 is 23.8 Å². The van der Waals surface area contributed by atoms with Crippen LogP contribution >= 0.6 is 0 Å². The Labute approximate surface area is 81.6 Å². The van der Waals surface area contributed by atoms with E-state index >= 15 is 0 Å². The summed E-state index contributed by atoms with van der Waals surface area (Å²) in [5.41, 5.74) is 0.312. The zero-order valence-electron chi connectivity index (χ0n) is 7.95. The Morgan fingerprint density at radius 1 is 1.71 bits per heavy atom. The highest BCUT2D eigenvalue weighted by molar-refractivity contribution is 5.86. The molecule has 0 aliphatic carbocycles. The number of hydrogen-bond acceptors (Lipinski definition) is 5. The van der Waals surface area contributed by atoms with Crippen LogP contribution in [0, 0.1) is 0 Å². The molecule has 0 amide bonds. The van der Waals surface area contributed by atoms with E-state index in [4.69, 9.17) is 4.74 Å². The molecule has 0 radical (unpaired) electrons. The molecule has 1 atom stereocenters. The first kappa shape index (κ1) is 10.7. The summed E-state index contributed by atoms with van der Waals surface area (Å²) >= 11 is 0. The third kappa shape index (κ3) is 3.18. The molecule has 1 saturated heterocycles. The van der Waals surface area contributed by atoms with Crippen LogP contribution in [0.3, 0.4) is 0 Å². The van der Waals surface area contributed by atoms with Crippen LogP contribution < -0.4 is 0 Å². The van der Waals surface area contributed by atoms with E-state index in [-0.39, 0.29) is 31.9 Å². The fourth-order valence-electron chi connectivity index (χ4n) is 0.904. The number of esters is 2. The Morgan fingerprint density at radius 2 is 2.43 bits per heavy atom. The second kappa shape index (κ2) is 4.76. The Balaban J connectivity index is 2.13. The van der Waals surface area contributed by atoms with Crippen molar-refractivity contribution in [3.63, 3.8) is 0 Å². The summed E-state index contributed by atoms with van der Waals surface area (Å²) in [4.78, 5) is 21.5. The van der Waals surface area contributed by atoms with Gasteiger partial charge in [0.2, 0.25) is 0 Å². The van der Waals surface area contributed by atoms with Gasteiger partial charge in [-0.25, -0.2) is 4.79 Å². The lowest BCUT2D eigenvalue weighted by molar-refractivity contribution is -0.156. The van der Waals surface area contributed by atoms with Crippen LogP contribution in [0.1, 0.15) is 13.3 Å².